The smallest absolute Gasteiger partial charge is 0.289 e. The highest BCUT2D eigenvalue weighted by atomic mass is 16.6. The Morgan fingerprint density at radius 1 is 1.55 bits per heavy atom. The van der Waals surface area contributed by atoms with Gasteiger partial charge in [-0.05, 0) is 25.3 Å². The third-order valence-corrected chi connectivity index (χ3v) is 3.74. The summed E-state index contributed by atoms with van der Waals surface area (Å²) in [5, 5.41) is 23.0. The standard InChI is InChI=1S/C13H17N5O2/c14-6-9-3-1-2-4-12(9)17-13-10(7-15)5-11(8-16-13)18(19)20/h5,8-9,12H,1-4,6,14H2,(H,16,17). The van der Waals surface area contributed by atoms with Crippen molar-refractivity contribution in [2.24, 2.45) is 11.7 Å². The molecule has 1 aromatic heterocycles. The molecule has 2 unspecified atom stereocenters. The Morgan fingerprint density at radius 3 is 2.95 bits per heavy atom. The average molecular weight is 275 g/mol. The van der Waals surface area contributed by atoms with Gasteiger partial charge in [0, 0.05) is 12.1 Å². The molecule has 1 aromatic rings. The predicted molar refractivity (Wildman–Crippen MR) is 74.0 cm³/mol. The van der Waals surface area contributed by atoms with Gasteiger partial charge in [-0.15, -0.1) is 0 Å². The topological polar surface area (TPSA) is 118 Å². The van der Waals surface area contributed by atoms with Crippen LogP contribution in [0.3, 0.4) is 0 Å². The molecule has 1 saturated carbocycles. The first-order chi connectivity index (χ1) is 9.65. The molecule has 0 saturated heterocycles. The van der Waals surface area contributed by atoms with Crippen LogP contribution in [0, 0.1) is 27.4 Å². The Hall–Kier alpha value is -2.20. The van der Waals surface area contributed by atoms with Gasteiger partial charge in [-0.1, -0.05) is 12.8 Å². The van der Waals surface area contributed by atoms with E-state index in [1.54, 1.807) is 0 Å². The molecule has 1 heterocycles. The van der Waals surface area contributed by atoms with Crippen LogP contribution in [0.1, 0.15) is 31.2 Å². The molecule has 1 aliphatic carbocycles. The third-order valence-electron chi connectivity index (χ3n) is 3.74. The highest BCUT2D eigenvalue weighted by molar-refractivity contribution is 5.56. The lowest BCUT2D eigenvalue weighted by molar-refractivity contribution is -0.385. The molecule has 7 heteroatoms. The van der Waals surface area contributed by atoms with Crippen molar-refractivity contribution in [2.45, 2.75) is 31.7 Å². The quantitative estimate of drug-likeness (QED) is 0.638. The number of nitrogens with one attached hydrogen (secondary N) is 1. The van der Waals surface area contributed by atoms with Crippen LogP contribution in [-0.2, 0) is 0 Å². The van der Waals surface area contributed by atoms with Gasteiger partial charge in [0.05, 0.1) is 4.92 Å². The summed E-state index contributed by atoms with van der Waals surface area (Å²) in [6.07, 6.45) is 5.49. The van der Waals surface area contributed by atoms with Crippen LogP contribution in [0.2, 0.25) is 0 Å². The fourth-order valence-corrected chi connectivity index (χ4v) is 2.61. The summed E-state index contributed by atoms with van der Waals surface area (Å²) in [6, 6.07) is 3.37. The molecule has 2 atom stereocenters. The van der Waals surface area contributed by atoms with Crippen molar-refractivity contribution in [3.8, 4) is 6.07 Å². The molecule has 0 aliphatic heterocycles. The summed E-state index contributed by atoms with van der Waals surface area (Å²) in [5.74, 6) is 0.760. The van der Waals surface area contributed by atoms with Gasteiger partial charge in [0.25, 0.3) is 5.69 Å². The normalized spacial score (nSPS) is 22.0. The summed E-state index contributed by atoms with van der Waals surface area (Å²) in [6.45, 7) is 0.590. The monoisotopic (exact) mass is 275 g/mol. The Morgan fingerprint density at radius 2 is 2.30 bits per heavy atom. The average Bonchev–Trinajstić information content (AvgIpc) is 2.48. The van der Waals surface area contributed by atoms with Crippen LogP contribution in [0.5, 0.6) is 0 Å². The van der Waals surface area contributed by atoms with E-state index in [4.69, 9.17) is 11.0 Å². The summed E-state index contributed by atoms with van der Waals surface area (Å²) in [7, 11) is 0. The first-order valence-electron chi connectivity index (χ1n) is 6.67. The maximum Gasteiger partial charge on any atom is 0.289 e. The zero-order valence-electron chi connectivity index (χ0n) is 11.1. The number of hydrogen-bond acceptors (Lipinski definition) is 6. The number of nitrogens with two attached hydrogens (primary N) is 1. The molecule has 3 N–H and O–H groups in total. The molecule has 2 rings (SSSR count). The number of nitrogens with zero attached hydrogens (tertiary/aromatic N) is 3. The van der Waals surface area contributed by atoms with Crippen LogP contribution in [-0.4, -0.2) is 22.5 Å². The maximum atomic E-state index is 10.7. The zero-order chi connectivity index (χ0) is 14.5. The van der Waals surface area contributed by atoms with Crippen molar-refractivity contribution in [2.75, 3.05) is 11.9 Å². The fourth-order valence-electron chi connectivity index (χ4n) is 2.61. The van der Waals surface area contributed by atoms with Gasteiger partial charge in [0.2, 0.25) is 0 Å². The molecule has 20 heavy (non-hydrogen) atoms. The number of anilines is 1. The number of pyridine rings is 1. The molecule has 0 aromatic carbocycles. The van der Waals surface area contributed by atoms with E-state index in [0.717, 1.165) is 19.3 Å². The first-order valence-corrected chi connectivity index (χ1v) is 6.67. The lowest BCUT2D eigenvalue weighted by atomic mass is 9.84. The van der Waals surface area contributed by atoms with E-state index in [9.17, 15) is 10.1 Å². The highest BCUT2D eigenvalue weighted by Gasteiger charge is 2.25. The Balaban J connectivity index is 2.20. The van der Waals surface area contributed by atoms with Crippen molar-refractivity contribution >= 4 is 11.5 Å². The summed E-state index contributed by atoms with van der Waals surface area (Å²) in [5.41, 5.74) is 5.79. The molecular formula is C13H17N5O2. The molecule has 106 valence electrons. The van der Waals surface area contributed by atoms with Crippen LogP contribution in [0.25, 0.3) is 0 Å². The Bertz CT molecular complexity index is 540. The predicted octanol–water partition coefficient (Wildman–Crippen LogP) is 1.79. The number of rotatable bonds is 4. The number of hydrogen-bond donors (Lipinski definition) is 2. The van der Waals surface area contributed by atoms with E-state index >= 15 is 0 Å². The Labute approximate surface area is 117 Å². The van der Waals surface area contributed by atoms with Crippen LogP contribution in [0.4, 0.5) is 11.5 Å². The molecule has 1 aliphatic rings. The van der Waals surface area contributed by atoms with E-state index in [2.05, 4.69) is 10.3 Å². The minimum absolute atomic E-state index is 0.175. The summed E-state index contributed by atoms with van der Waals surface area (Å²) < 4.78 is 0. The van der Waals surface area contributed by atoms with E-state index in [-0.39, 0.29) is 17.3 Å². The molecule has 0 radical (unpaired) electrons. The van der Waals surface area contributed by atoms with Gasteiger partial charge in [-0.3, -0.25) is 10.1 Å². The second-order valence-electron chi connectivity index (χ2n) is 4.99. The van der Waals surface area contributed by atoms with E-state index in [1.165, 1.54) is 18.7 Å². The molecule has 0 bridgehead atoms. The van der Waals surface area contributed by atoms with Crippen LogP contribution >= 0.6 is 0 Å². The zero-order valence-corrected chi connectivity index (χ0v) is 11.1. The lowest BCUT2D eigenvalue weighted by Crippen LogP contribution is -2.37. The van der Waals surface area contributed by atoms with Gasteiger partial charge in [-0.2, -0.15) is 5.26 Å². The van der Waals surface area contributed by atoms with Crippen molar-refractivity contribution < 1.29 is 4.92 Å². The molecule has 7 nitrogen and oxygen atoms in total. The maximum absolute atomic E-state index is 10.7. The minimum atomic E-state index is -0.555. The molecule has 0 amide bonds. The van der Waals surface area contributed by atoms with Gasteiger partial charge in [-0.25, -0.2) is 4.98 Å². The van der Waals surface area contributed by atoms with Gasteiger partial charge < -0.3 is 11.1 Å². The van der Waals surface area contributed by atoms with Crippen molar-refractivity contribution in [1.29, 1.82) is 5.26 Å². The second kappa shape index (κ2) is 6.30. The number of aromatic nitrogens is 1. The van der Waals surface area contributed by atoms with Crippen molar-refractivity contribution in [3.63, 3.8) is 0 Å². The second-order valence-corrected chi connectivity index (χ2v) is 4.99. The van der Waals surface area contributed by atoms with E-state index in [1.807, 2.05) is 6.07 Å². The number of nitriles is 1. The van der Waals surface area contributed by atoms with Gasteiger partial charge in [0.15, 0.2) is 0 Å². The largest absolute Gasteiger partial charge is 0.366 e. The van der Waals surface area contributed by atoms with E-state index < -0.39 is 4.92 Å². The van der Waals surface area contributed by atoms with Crippen LogP contribution < -0.4 is 11.1 Å². The first kappa shape index (κ1) is 14.2. The SMILES string of the molecule is N#Cc1cc([N+](=O)[O-])cnc1NC1CCCCC1CN. The molecule has 0 spiro atoms. The third kappa shape index (κ3) is 3.03. The van der Waals surface area contributed by atoms with Crippen molar-refractivity contribution in [1.82, 2.24) is 4.98 Å². The minimum Gasteiger partial charge on any atom is -0.366 e. The lowest BCUT2D eigenvalue weighted by Gasteiger charge is -2.31. The van der Waals surface area contributed by atoms with E-state index in [0.29, 0.717) is 18.3 Å². The van der Waals surface area contributed by atoms with Gasteiger partial charge >= 0.3 is 0 Å². The Kier molecular flexibility index (Phi) is 4.48. The highest BCUT2D eigenvalue weighted by Crippen LogP contribution is 2.27. The molecule has 1 fully saturated rings. The fraction of sp³-hybridized carbons (Fsp3) is 0.538. The van der Waals surface area contributed by atoms with Crippen LogP contribution in [0.15, 0.2) is 12.3 Å². The number of nitro groups is 1. The van der Waals surface area contributed by atoms with Gasteiger partial charge in [0.1, 0.15) is 23.6 Å². The summed E-state index contributed by atoms with van der Waals surface area (Å²) in [4.78, 5) is 14.2. The summed E-state index contributed by atoms with van der Waals surface area (Å²) >= 11 is 0. The van der Waals surface area contributed by atoms with Crippen molar-refractivity contribution in [3.05, 3.63) is 27.9 Å². The molecular weight excluding hydrogens is 258 g/mol.